The molecule has 1 aliphatic carbocycles. The normalized spacial score (nSPS) is 19.6. The van der Waals surface area contributed by atoms with Crippen LogP contribution in [0.2, 0.25) is 0 Å². The highest BCUT2D eigenvalue weighted by Crippen LogP contribution is 2.48. The highest BCUT2D eigenvalue weighted by atomic mass is 19.1. The zero-order valence-electron chi connectivity index (χ0n) is 17.9. The quantitative estimate of drug-likeness (QED) is 0.736. The van der Waals surface area contributed by atoms with Crippen molar-refractivity contribution in [2.45, 2.75) is 58.4 Å². The first-order valence-corrected chi connectivity index (χ1v) is 10.7. The van der Waals surface area contributed by atoms with Crippen LogP contribution in [0.5, 0.6) is 0 Å². The van der Waals surface area contributed by atoms with Crippen molar-refractivity contribution in [3.63, 3.8) is 0 Å². The molecule has 2 aliphatic rings. The molecule has 1 heterocycles. The molecule has 5 nitrogen and oxygen atoms in total. The largest absolute Gasteiger partial charge is 0.355 e. The van der Waals surface area contributed by atoms with Crippen LogP contribution in [0, 0.1) is 17.2 Å². The summed E-state index contributed by atoms with van der Waals surface area (Å²) in [5.74, 6) is 0.419. The third kappa shape index (κ3) is 6.53. The number of nitrogens with zero attached hydrogens (tertiary/aromatic N) is 1. The summed E-state index contributed by atoms with van der Waals surface area (Å²) in [7, 11) is 0. The first kappa shape index (κ1) is 21.8. The summed E-state index contributed by atoms with van der Waals surface area (Å²) in [4.78, 5) is 27.0. The summed E-state index contributed by atoms with van der Waals surface area (Å²) in [5.41, 5.74) is 0.511. The molecular weight excluding hydrogens is 369 g/mol. The molecule has 6 heteroatoms. The Hall–Kier alpha value is -1.95. The molecule has 0 atom stereocenters. The van der Waals surface area contributed by atoms with E-state index < -0.39 is 0 Å². The number of hydrogen-bond acceptors (Lipinski definition) is 3. The molecule has 0 aromatic heterocycles. The van der Waals surface area contributed by atoms with Crippen LogP contribution < -0.4 is 10.6 Å². The molecular formula is C23H34FN3O2. The monoisotopic (exact) mass is 403 g/mol. The number of carbonyl (C=O) groups excluding carboxylic acids is 2. The minimum absolute atomic E-state index is 0.0701. The molecule has 0 spiro atoms. The van der Waals surface area contributed by atoms with Crippen molar-refractivity contribution in [2.24, 2.45) is 11.3 Å². The van der Waals surface area contributed by atoms with E-state index in [-0.39, 0.29) is 28.6 Å². The predicted octanol–water partition coefficient (Wildman–Crippen LogP) is 2.89. The van der Waals surface area contributed by atoms with Gasteiger partial charge in [-0.05, 0) is 89.6 Å². The molecule has 3 rings (SSSR count). The van der Waals surface area contributed by atoms with E-state index in [4.69, 9.17) is 0 Å². The second kappa shape index (κ2) is 8.82. The maximum Gasteiger partial charge on any atom is 0.234 e. The smallest absolute Gasteiger partial charge is 0.234 e. The lowest BCUT2D eigenvalue weighted by molar-refractivity contribution is -0.126. The van der Waals surface area contributed by atoms with E-state index in [0.717, 1.165) is 44.3 Å². The molecule has 1 saturated heterocycles. The van der Waals surface area contributed by atoms with Crippen LogP contribution in [-0.4, -0.2) is 48.4 Å². The molecule has 0 radical (unpaired) electrons. The van der Waals surface area contributed by atoms with Crippen molar-refractivity contribution in [3.8, 4) is 0 Å². The highest BCUT2D eigenvalue weighted by Gasteiger charge is 2.49. The summed E-state index contributed by atoms with van der Waals surface area (Å²) < 4.78 is 13.1. The van der Waals surface area contributed by atoms with Crippen LogP contribution in [0.3, 0.4) is 0 Å². The lowest BCUT2D eigenvalue weighted by Crippen LogP contribution is -2.48. The van der Waals surface area contributed by atoms with Gasteiger partial charge < -0.3 is 10.6 Å². The van der Waals surface area contributed by atoms with E-state index in [1.165, 1.54) is 12.1 Å². The van der Waals surface area contributed by atoms with E-state index >= 15 is 0 Å². The fraction of sp³-hybridized carbons (Fsp3) is 0.652. The average Bonchev–Trinajstić information content (AvgIpc) is 3.42. The molecule has 1 saturated carbocycles. The van der Waals surface area contributed by atoms with Gasteiger partial charge in [0.2, 0.25) is 11.8 Å². The number of halogens is 1. The van der Waals surface area contributed by atoms with Gasteiger partial charge >= 0.3 is 0 Å². The number of hydrogen-bond donors (Lipinski definition) is 2. The molecule has 1 aromatic carbocycles. The number of benzene rings is 1. The zero-order chi connectivity index (χ0) is 21.1. The maximum atomic E-state index is 13.1. The number of carbonyl (C=O) groups is 2. The Balaban J connectivity index is 1.38. The van der Waals surface area contributed by atoms with Crippen molar-refractivity contribution in [2.75, 3.05) is 26.2 Å². The molecule has 0 unspecified atom stereocenters. The van der Waals surface area contributed by atoms with Crippen molar-refractivity contribution >= 4 is 11.8 Å². The summed E-state index contributed by atoms with van der Waals surface area (Å²) in [6.07, 6.45) is 4.47. The van der Waals surface area contributed by atoms with Crippen molar-refractivity contribution < 1.29 is 14.0 Å². The molecule has 160 valence electrons. The lowest BCUT2D eigenvalue weighted by Gasteiger charge is -2.32. The van der Waals surface area contributed by atoms with Crippen LogP contribution in [0.1, 0.15) is 52.0 Å². The summed E-state index contributed by atoms with van der Waals surface area (Å²) in [6, 6.07) is 6.46. The summed E-state index contributed by atoms with van der Waals surface area (Å²) in [6.45, 7) is 8.88. The standard InChI is InChI=1S/C23H34FN3O2/c1-22(2,3)26-20(28)16-27-12-8-18(9-13-27)15-25-21(29)23(10-11-23)14-17-4-6-19(24)7-5-17/h4-7,18H,8-16H2,1-3H3,(H,25,29)(H,26,28). The van der Waals surface area contributed by atoms with Gasteiger partial charge in [-0.25, -0.2) is 4.39 Å². The highest BCUT2D eigenvalue weighted by molar-refractivity contribution is 5.85. The van der Waals surface area contributed by atoms with Crippen LogP contribution in [-0.2, 0) is 16.0 Å². The maximum absolute atomic E-state index is 13.1. The zero-order valence-corrected chi connectivity index (χ0v) is 17.9. The van der Waals surface area contributed by atoms with Gasteiger partial charge in [0.05, 0.1) is 12.0 Å². The Morgan fingerprint density at radius 3 is 2.31 bits per heavy atom. The second-order valence-corrected chi connectivity index (χ2v) is 9.81. The van der Waals surface area contributed by atoms with Gasteiger partial charge in [-0.15, -0.1) is 0 Å². The molecule has 1 aliphatic heterocycles. The second-order valence-electron chi connectivity index (χ2n) is 9.81. The third-order valence-electron chi connectivity index (χ3n) is 5.93. The predicted molar refractivity (Wildman–Crippen MR) is 112 cm³/mol. The van der Waals surface area contributed by atoms with Crippen LogP contribution in [0.15, 0.2) is 24.3 Å². The summed E-state index contributed by atoms with van der Waals surface area (Å²) in [5, 5.41) is 6.17. The Morgan fingerprint density at radius 2 is 1.76 bits per heavy atom. The fourth-order valence-electron chi connectivity index (χ4n) is 4.06. The van der Waals surface area contributed by atoms with Crippen molar-refractivity contribution in [3.05, 3.63) is 35.6 Å². The van der Waals surface area contributed by atoms with Gasteiger partial charge in [0.25, 0.3) is 0 Å². The minimum atomic E-state index is -0.302. The van der Waals surface area contributed by atoms with Crippen molar-refractivity contribution in [1.29, 1.82) is 0 Å². The number of nitrogens with one attached hydrogen (secondary N) is 2. The van der Waals surface area contributed by atoms with Gasteiger partial charge in [-0.2, -0.15) is 0 Å². The number of rotatable bonds is 7. The minimum Gasteiger partial charge on any atom is -0.355 e. The third-order valence-corrected chi connectivity index (χ3v) is 5.93. The molecule has 1 aromatic rings. The van der Waals surface area contributed by atoms with Gasteiger partial charge in [0.15, 0.2) is 0 Å². The topological polar surface area (TPSA) is 61.4 Å². The van der Waals surface area contributed by atoms with Gasteiger partial charge in [-0.1, -0.05) is 12.1 Å². The van der Waals surface area contributed by atoms with Crippen LogP contribution in [0.4, 0.5) is 4.39 Å². The first-order chi connectivity index (χ1) is 13.7. The fourth-order valence-corrected chi connectivity index (χ4v) is 4.06. The Bertz CT molecular complexity index is 715. The van der Waals surface area contributed by atoms with E-state index in [1.54, 1.807) is 12.1 Å². The molecule has 2 amide bonds. The van der Waals surface area contributed by atoms with Gasteiger partial charge in [0.1, 0.15) is 5.82 Å². The molecule has 29 heavy (non-hydrogen) atoms. The van der Waals surface area contributed by atoms with Crippen molar-refractivity contribution in [1.82, 2.24) is 15.5 Å². The lowest BCUT2D eigenvalue weighted by atomic mass is 9.93. The van der Waals surface area contributed by atoms with Gasteiger partial charge in [-0.3, -0.25) is 14.5 Å². The van der Waals surface area contributed by atoms with Crippen LogP contribution >= 0.6 is 0 Å². The number of likely N-dealkylation sites (tertiary alicyclic amines) is 1. The number of amides is 2. The van der Waals surface area contributed by atoms with Gasteiger partial charge in [0, 0.05) is 12.1 Å². The van der Waals surface area contributed by atoms with E-state index in [0.29, 0.717) is 25.4 Å². The SMILES string of the molecule is CC(C)(C)NC(=O)CN1CCC(CNC(=O)C2(Cc3ccc(F)cc3)CC2)CC1. The van der Waals surface area contributed by atoms with E-state index in [9.17, 15) is 14.0 Å². The molecule has 2 fully saturated rings. The average molecular weight is 404 g/mol. The Morgan fingerprint density at radius 1 is 1.14 bits per heavy atom. The van der Waals surface area contributed by atoms with E-state index in [1.807, 2.05) is 20.8 Å². The number of piperidine rings is 1. The molecule has 2 N–H and O–H groups in total. The Labute approximate surface area is 173 Å². The van der Waals surface area contributed by atoms with E-state index in [2.05, 4.69) is 15.5 Å². The Kier molecular flexibility index (Phi) is 6.62. The summed E-state index contributed by atoms with van der Waals surface area (Å²) >= 11 is 0. The first-order valence-electron chi connectivity index (χ1n) is 10.7. The molecule has 0 bridgehead atoms. The van der Waals surface area contributed by atoms with Crippen LogP contribution in [0.25, 0.3) is 0 Å².